The molecule has 0 aliphatic heterocycles. The predicted molar refractivity (Wildman–Crippen MR) is 108 cm³/mol. The maximum Gasteiger partial charge on any atom is 0.325 e. The number of carbonyl (C=O) groups excluding carboxylic acids is 4. The Hall–Kier alpha value is -3.24. The molecule has 164 valence electrons. The fraction of sp³-hybridized carbons (Fsp3) is 0.158. The maximum atomic E-state index is 13.4. The zero-order chi connectivity index (χ0) is 23.0. The molecule has 12 heteroatoms. The molecule has 0 radical (unpaired) electrons. The topological polar surface area (TPSA) is 114 Å². The molecule has 0 aliphatic carbocycles. The molecular formula is C19H15Cl2F2N3O5. The van der Waals surface area contributed by atoms with E-state index in [1.165, 1.54) is 18.2 Å². The van der Waals surface area contributed by atoms with E-state index in [0.717, 1.165) is 18.2 Å². The molecule has 0 bridgehead atoms. The summed E-state index contributed by atoms with van der Waals surface area (Å²) in [6.07, 6.45) is 0. The highest BCUT2D eigenvalue weighted by atomic mass is 35.5. The van der Waals surface area contributed by atoms with Crippen LogP contribution < -0.4 is 16.0 Å². The van der Waals surface area contributed by atoms with Gasteiger partial charge < -0.3 is 20.7 Å². The second-order valence-electron chi connectivity index (χ2n) is 5.92. The highest BCUT2D eigenvalue weighted by molar-refractivity contribution is 6.36. The summed E-state index contributed by atoms with van der Waals surface area (Å²) in [5.74, 6) is -4.83. The number of nitrogens with one attached hydrogen (secondary N) is 3. The average molecular weight is 474 g/mol. The first kappa shape index (κ1) is 24.0. The van der Waals surface area contributed by atoms with Crippen molar-refractivity contribution in [3.8, 4) is 0 Å². The van der Waals surface area contributed by atoms with Crippen molar-refractivity contribution in [3.05, 3.63) is 63.6 Å². The van der Waals surface area contributed by atoms with Gasteiger partial charge in [0.2, 0.25) is 5.91 Å². The van der Waals surface area contributed by atoms with E-state index < -0.39 is 60.7 Å². The summed E-state index contributed by atoms with van der Waals surface area (Å²) in [5.41, 5.74) is -0.301. The monoisotopic (exact) mass is 473 g/mol. The van der Waals surface area contributed by atoms with E-state index >= 15 is 0 Å². The predicted octanol–water partition coefficient (Wildman–Crippen LogP) is 2.30. The summed E-state index contributed by atoms with van der Waals surface area (Å²) in [7, 11) is 0. The van der Waals surface area contributed by atoms with Crippen molar-refractivity contribution in [2.75, 3.05) is 25.0 Å². The zero-order valence-electron chi connectivity index (χ0n) is 15.6. The van der Waals surface area contributed by atoms with Gasteiger partial charge in [-0.15, -0.1) is 0 Å². The van der Waals surface area contributed by atoms with E-state index in [1.807, 2.05) is 5.32 Å². The van der Waals surface area contributed by atoms with Crippen LogP contribution in [-0.4, -0.2) is 43.4 Å². The van der Waals surface area contributed by atoms with Crippen LogP contribution in [0.2, 0.25) is 10.0 Å². The van der Waals surface area contributed by atoms with Gasteiger partial charge in [0.15, 0.2) is 6.61 Å². The van der Waals surface area contributed by atoms with Crippen molar-refractivity contribution in [2.45, 2.75) is 0 Å². The molecular weight excluding hydrogens is 459 g/mol. The Kier molecular flexibility index (Phi) is 8.71. The van der Waals surface area contributed by atoms with E-state index in [-0.39, 0.29) is 10.6 Å². The Morgan fingerprint density at radius 1 is 0.903 bits per heavy atom. The third-order valence-corrected chi connectivity index (χ3v) is 4.13. The van der Waals surface area contributed by atoms with Crippen LogP contribution in [0.15, 0.2) is 36.4 Å². The lowest BCUT2D eigenvalue weighted by Crippen LogP contribution is -2.39. The number of carbonyl (C=O) groups is 4. The lowest BCUT2D eigenvalue weighted by Gasteiger charge is -2.09. The third-order valence-electron chi connectivity index (χ3n) is 3.58. The lowest BCUT2D eigenvalue weighted by atomic mass is 10.2. The smallest absolute Gasteiger partial charge is 0.325 e. The van der Waals surface area contributed by atoms with Crippen LogP contribution in [0.25, 0.3) is 0 Å². The van der Waals surface area contributed by atoms with Crippen molar-refractivity contribution in [2.24, 2.45) is 0 Å². The second-order valence-corrected chi connectivity index (χ2v) is 6.76. The number of rotatable bonds is 8. The quantitative estimate of drug-likeness (QED) is 0.509. The van der Waals surface area contributed by atoms with Gasteiger partial charge in [0.05, 0.1) is 22.8 Å². The summed E-state index contributed by atoms with van der Waals surface area (Å²) < 4.78 is 31.1. The Balaban J connectivity index is 1.69. The van der Waals surface area contributed by atoms with Gasteiger partial charge in [0.25, 0.3) is 11.8 Å². The number of amides is 3. The number of hydrogen-bond donors (Lipinski definition) is 3. The van der Waals surface area contributed by atoms with Gasteiger partial charge in [-0.05, 0) is 30.3 Å². The van der Waals surface area contributed by atoms with Crippen LogP contribution in [0, 0.1) is 11.6 Å². The lowest BCUT2D eigenvalue weighted by molar-refractivity contribution is -0.147. The molecule has 2 rings (SSSR count). The van der Waals surface area contributed by atoms with Crippen molar-refractivity contribution in [1.29, 1.82) is 0 Å². The zero-order valence-corrected chi connectivity index (χ0v) is 17.2. The summed E-state index contributed by atoms with van der Waals surface area (Å²) in [6, 6.07) is 6.67. The maximum absolute atomic E-state index is 13.4. The number of halogens is 4. The van der Waals surface area contributed by atoms with E-state index in [2.05, 4.69) is 15.4 Å². The van der Waals surface area contributed by atoms with Gasteiger partial charge in [-0.1, -0.05) is 23.2 Å². The van der Waals surface area contributed by atoms with Crippen molar-refractivity contribution >= 4 is 52.6 Å². The van der Waals surface area contributed by atoms with Crippen LogP contribution in [0.4, 0.5) is 14.5 Å². The highest BCUT2D eigenvalue weighted by Crippen LogP contribution is 2.20. The number of esters is 1. The Bertz CT molecular complexity index is 1020. The van der Waals surface area contributed by atoms with Gasteiger partial charge in [-0.2, -0.15) is 0 Å². The summed E-state index contributed by atoms with van der Waals surface area (Å²) in [5, 5.41) is 6.97. The highest BCUT2D eigenvalue weighted by Gasteiger charge is 2.14. The fourth-order valence-corrected chi connectivity index (χ4v) is 2.63. The number of anilines is 1. The molecule has 31 heavy (non-hydrogen) atoms. The van der Waals surface area contributed by atoms with Gasteiger partial charge >= 0.3 is 5.97 Å². The van der Waals surface area contributed by atoms with Crippen LogP contribution in [-0.2, 0) is 19.1 Å². The second kappa shape index (κ2) is 11.2. The molecule has 0 saturated carbocycles. The summed E-state index contributed by atoms with van der Waals surface area (Å²) >= 11 is 11.6. The van der Waals surface area contributed by atoms with Crippen molar-refractivity contribution < 1.29 is 32.7 Å². The fourth-order valence-electron chi connectivity index (χ4n) is 2.14. The normalized spacial score (nSPS) is 10.2. The molecule has 3 N–H and O–H groups in total. The molecule has 3 amide bonds. The molecule has 0 spiro atoms. The standard InChI is InChI=1S/C19H15Cl2F2N3O5/c20-10-1-3-12(13(21)5-10)19(30)25-7-16(27)24-8-18(29)31-9-17(28)26-15-6-11(22)2-4-14(15)23/h1-6H,7-9H2,(H,24,27)(H,25,30)(H,26,28). The van der Waals surface area contributed by atoms with E-state index in [0.29, 0.717) is 5.02 Å². The number of benzene rings is 2. The molecule has 2 aromatic rings. The number of hydrogen-bond acceptors (Lipinski definition) is 5. The molecule has 0 unspecified atom stereocenters. The molecule has 0 fully saturated rings. The largest absolute Gasteiger partial charge is 0.454 e. The minimum Gasteiger partial charge on any atom is -0.454 e. The molecule has 8 nitrogen and oxygen atoms in total. The van der Waals surface area contributed by atoms with Crippen LogP contribution in [0.3, 0.4) is 0 Å². The van der Waals surface area contributed by atoms with E-state index in [1.54, 1.807) is 0 Å². The summed E-state index contributed by atoms with van der Waals surface area (Å²) in [6.45, 7) is -1.82. The van der Waals surface area contributed by atoms with Crippen LogP contribution in [0.1, 0.15) is 10.4 Å². The first-order chi connectivity index (χ1) is 14.7. The first-order valence-electron chi connectivity index (χ1n) is 8.56. The van der Waals surface area contributed by atoms with Gasteiger partial charge in [0.1, 0.15) is 18.2 Å². The third kappa shape index (κ3) is 7.83. The minimum absolute atomic E-state index is 0.102. The first-order valence-corrected chi connectivity index (χ1v) is 9.31. The molecule has 0 aromatic heterocycles. The van der Waals surface area contributed by atoms with Crippen molar-refractivity contribution in [3.63, 3.8) is 0 Å². The molecule has 0 atom stereocenters. The van der Waals surface area contributed by atoms with Gasteiger partial charge in [0, 0.05) is 11.1 Å². The Morgan fingerprint density at radius 2 is 1.65 bits per heavy atom. The van der Waals surface area contributed by atoms with Gasteiger partial charge in [-0.3, -0.25) is 19.2 Å². The average Bonchev–Trinajstić information content (AvgIpc) is 2.71. The van der Waals surface area contributed by atoms with Crippen LogP contribution in [0.5, 0.6) is 0 Å². The van der Waals surface area contributed by atoms with E-state index in [9.17, 15) is 28.0 Å². The van der Waals surface area contributed by atoms with Crippen molar-refractivity contribution in [1.82, 2.24) is 10.6 Å². The molecule has 0 aliphatic rings. The molecule has 0 saturated heterocycles. The minimum atomic E-state index is -0.963. The Morgan fingerprint density at radius 3 is 2.35 bits per heavy atom. The molecule has 2 aromatic carbocycles. The number of ether oxygens (including phenoxy) is 1. The molecule has 0 heterocycles. The van der Waals surface area contributed by atoms with E-state index in [4.69, 9.17) is 23.2 Å². The van der Waals surface area contributed by atoms with Gasteiger partial charge in [-0.25, -0.2) is 8.78 Å². The van der Waals surface area contributed by atoms with Crippen LogP contribution >= 0.6 is 23.2 Å². The summed E-state index contributed by atoms with van der Waals surface area (Å²) in [4.78, 5) is 47.0. The Labute approximate surface area is 184 Å². The SMILES string of the molecule is O=C(CNC(=O)c1ccc(Cl)cc1Cl)NCC(=O)OCC(=O)Nc1cc(F)ccc1F.